The first-order valence-electron chi connectivity index (χ1n) is 9.87. The van der Waals surface area contributed by atoms with Crippen molar-refractivity contribution in [3.63, 3.8) is 0 Å². The molecular formula is C17H30ClFN4O4S. The van der Waals surface area contributed by atoms with Crippen molar-refractivity contribution in [2.75, 3.05) is 32.6 Å². The molecule has 3 rings (SSSR count). The zero-order chi connectivity index (χ0) is 20.3. The maximum atomic E-state index is 14.6. The number of nitrogens with zero attached hydrogens (tertiary/aromatic N) is 1. The molecule has 1 aliphatic carbocycles. The number of halogens is 2. The van der Waals surface area contributed by atoms with Crippen molar-refractivity contribution in [1.29, 1.82) is 0 Å². The van der Waals surface area contributed by atoms with E-state index < -0.39 is 33.4 Å². The lowest BCUT2D eigenvalue weighted by molar-refractivity contribution is -0.129. The fourth-order valence-corrected chi connectivity index (χ4v) is 6.07. The predicted octanol–water partition coefficient (Wildman–Crippen LogP) is 0.544. The number of sulfonamides is 1. The molecule has 11 heteroatoms. The van der Waals surface area contributed by atoms with Crippen LogP contribution in [0.4, 0.5) is 4.39 Å². The van der Waals surface area contributed by atoms with E-state index in [0.29, 0.717) is 38.9 Å². The minimum atomic E-state index is -3.69. The van der Waals surface area contributed by atoms with Crippen LogP contribution < -0.4 is 15.7 Å². The average molecular weight is 441 g/mol. The Labute approximate surface area is 170 Å². The Morgan fingerprint density at radius 2 is 2.00 bits per heavy atom. The van der Waals surface area contributed by atoms with Crippen molar-refractivity contribution in [2.24, 2.45) is 17.8 Å². The maximum absolute atomic E-state index is 14.6. The molecule has 1 saturated carbocycles. The summed E-state index contributed by atoms with van der Waals surface area (Å²) in [4.78, 5) is 14.7. The van der Waals surface area contributed by atoms with Gasteiger partial charge in [-0.15, -0.1) is 16.4 Å². The van der Waals surface area contributed by atoms with E-state index in [4.69, 9.17) is 16.3 Å². The highest BCUT2D eigenvalue weighted by atomic mass is 35.5. The number of hydrazine groups is 2. The lowest BCUT2D eigenvalue weighted by Gasteiger charge is -2.37. The Bertz CT molecular complexity index is 649. The van der Waals surface area contributed by atoms with E-state index in [0.717, 1.165) is 13.0 Å². The molecule has 5 unspecified atom stereocenters. The lowest BCUT2D eigenvalue weighted by Crippen LogP contribution is -2.52. The van der Waals surface area contributed by atoms with Crippen LogP contribution in [0.2, 0.25) is 0 Å². The number of carbonyl (C=O) groups excluding carboxylic acids is 1. The van der Waals surface area contributed by atoms with Gasteiger partial charge in [-0.1, -0.05) is 0 Å². The van der Waals surface area contributed by atoms with Crippen LogP contribution in [0.5, 0.6) is 0 Å². The average Bonchev–Trinajstić information content (AvgIpc) is 3.09. The van der Waals surface area contributed by atoms with Gasteiger partial charge in [-0.3, -0.25) is 15.6 Å². The topological polar surface area (TPSA) is 99.8 Å². The summed E-state index contributed by atoms with van der Waals surface area (Å²) in [6.45, 7) is 1.97. The molecule has 0 aromatic rings. The molecule has 1 amide bonds. The van der Waals surface area contributed by atoms with Crippen LogP contribution in [0.3, 0.4) is 0 Å². The molecule has 5 atom stereocenters. The Kier molecular flexibility index (Phi) is 7.54. The normalized spacial score (nSPS) is 35.8. The number of hydrogen-bond donors (Lipinski definition) is 3. The van der Waals surface area contributed by atoms with E-state index in [1.165, 1.54) is 0 Å². The van der Waals surface area contributed by atoms with Crippen molar-refractivity contribution in [2.45, 2.75) is 49.7 Å². The Morgan fingerprint density at radius 3 is 2.64 bits per heavy atom. The quantitative estimate of drug-likeness (QED) is 0.412. The van der Waals surface area contributed by atoms with Crippen molar-refractivity contribution >= 4 is 27.5 Å². The summed E-state index contributed by atoms with van der Waals surface area (Å²) in [7, 11) is -1.75. The van der Waals surface area contributed by atoms with E-state index in [-0.39, 0.29) is 23.6 Å². The second-order valence-electron chi connectivity index (χ2n) is 8.17. The molecule has 0 bridgehead atoms. The largest absolute Gasteiger partial charge is 0.381 e. The molecule has 0 radical (unpaired) electrons. The second kappa shape index (κ2) is 9.53. The van der Waals surface area contributed by atoms with E-state index in [2.05, 4.69) is 15.7 Å². The van der Waals surface area contributed by atoms with Gasteiger partial charge < -0.3 is 4.74 Å². The van der Waals surface area contributed by atoms with Crippen LogP contribution in [0.15, 0.2) is 0 Å². The van der Waals surface area contributed by atoms with Crippen molar-refractivity contribution in [3.05, 3.63) is 0 Å². The maximum Gasteiger partial charge on any atom is 0.241 e. The van der Waals surface area contributed by atoms with Gasteiger partial charge in [0.2, 0.25) is 15.9 Å². The van der Waals surface area contributed by atoms with E-state index in [9.17, 15) is 17.6 Å². The molecule has 0 aromatic carbocycles. The molecule has 28 heavy (non-hydrogen) atoms. The number of rotatable bonds is 6. The Morgan fingerprint density at radius 1 is 1.29 bits per heavy atom. The summed E-state index contributed by atoms with van der Waals surface area (Å²) in [5.74, 6) is -1.66. The second-order valence-corrected chi connectivity index (χ2v) is 10.5. The highest BCUT2D eigenvalue weighted by Gasteiger charge is 2.44. The van der Waals surface area contributed by atoms with Gasteiger partial charge in [-0.25, -0.2) is 17.8 Å². The fraction of sp³-hybridized carbons (Fsp3) is 0.941. The summed E-state index contributed by atoms with van der Waals surface area (Å²) in [5, 5.41) is 1.22. The molecule has 8 nitrogen and oxygen atoms in total. The molecule has 2 heterocycles. The molecule has 2 saturated heterocycles. The summed E-state index contributed by atoms with van der Waals surface area (Å²) in [5.41, 5.74) is 5.53. The lowest BCUT2D eigenvalue weighted by atomic mass is 9.75. The van der Waals surface area contributed by atoms with Crippen LogP contribution in [-0.4, -0.2) is 69.5 Å². The van der Waals surface area contributed by atoms with Gasteiger partial charge in [0.1, 0.15) is 6.17 Å². The molecular weight excluding hydrogens is 411 g/mol. The zero-order valence-electron chi connectivity index (χ0n) is 16.1. The van der Waals surface area contributed by atoms with Gasteiger partial charge in [0, 0.05) is 32.8 Å². The SMILES string of the molecule is CN1CCC(C2CC(Cl)C(F)C(C(=O)NNS(=O)(=O)CC3CCOCC3)C2)N1. The minimum Gasteiger partial charge on any atom is -0.381 e. The summed E-state index contributed by atoms with van der Waals surface area (Å²) >= 11 is 6.19. The van der Waals surface area contributed by atoms with Crippen molar-refractivity contribution in [1.82, 2.24) is 20.7 Å². The number of ether oxygens (including phenoxy) is 1. The molecule has 3 fully saturated rings. The van der Waals surface area contributed by atoms with Gasteiger partial charge in [-0.2, -0.15) is 0 Å². The van der Waals surface area contributed by atoms with E-state index in [1.54, 1.807) is 0 Å². The summed E-state index contributed by atoms with van der Waals surface area (Å²) in [6, 6.07) is 0.152. The third-order valence-corrected chi connectivity index (χ3v) is 7.75. The van der Waals surface area contributed by atoms with Gasteiger partial charge in [-0.05, 0) is 43.9 Å². The predicted molar refractivity (Wildman–Crippen MR) is 104 cm³/mol. The smallest absolute Gasteiger partial charge is 0.241 e. The fourth-order valence-electron chi connectivity index (χ4n) is 4.38. The van der Waals surface area contributed by atoms with Gasteiger partial charge in [0.05, 0.1) is 17.0 Å². The summed E-state index contributed by atoms with van der Waals surface area (Å²) < 4.78 is 44.3. The van der Waals surface area contributed by atoms with Crippen molar-refractivity contribution < 1.29 is 22.3 Å². The molecule has 0 spiro atoms. The van der Waals surface area contributed by atoms with Gasteiger partial charge in [0.15, 0.2) is 0 Å². The number of alkyl halides is 2. The number of hydrogen-bond acceptors (Lipinski definition) is 6. The van der Waals surface area contributed by atoms with Gasteiger partial charge >= 0.3 is 0 Å². The first-order chi connectivity index (χ1) is 13.2. The first-order valence-corrected chi connectivity index (χ1v) is 12.0. The van der Waals surface area contributed by atoms with Crippen LogP contribution in [-0.2, 0) is 19.6 Å². The van der Waals surface area contributed by atoms with E-state index >= 15 is 0 Å². The number of nitrogens with one attached hydrogen (secondary N) is 3. The standard InChI is InChI=1S/C17H30ClFN4O4S/c1-23-5-2-15(21-23)12-8-13(16(19)14(18)9-12)17(24)20-22-28(25,26)10-11-3-6-27-7-4-11/h11-16,21-22H,2-10H2,1H3,(H,20,24). The third kappa shape index (κ3) is 5.76. The van der Waals surface area contributed by atoms with Gasteiger partial charge in [0.25, 0.3) is 0 Å². The van der Waals surface area contributed by atoms with E-state index in [1.807, 2.05) is 12.1 Å². The highest BCUT2D eigenvalue weighted by Crippen LogP contribution is 2.38. The monoisotopic (exact) mass is 440 g/mol. The van der Waals surface area contributed by atoms with Crippen LogP contribution >= 0.6 is 11.6 Å². The Balaban J connectivity index is 1.54. The van der Waals surface area contributed by atoms with Crippen LogP contribution in [0.1, 0.15) is 32.1 Å². The third-order valence-electron chi connectivity index (χ3n) is 6.01. The number of amides is 1. The Hall–Kier alpha value is -0.520. The highest BCUT2D eigenvalue weighted by molar-refractivity contribution is 7.89. The minimum absolute atomic E-state index is 0.00575. The molecule has 0 aromatic heterocycles. The number of carbonyl (C=O) groups is 1. The molecule has 2 aliphatic heterocycles. The molecule has 3 N–H and O–H groups in total. The van der Waals surface area contributed by atoms with Crippen LogP contribution in [0.25, 0.3) is 0 Å². The molecule has 3 aliphatic rings. The first kappa shape index (κ1) is 22.2. The van der Waals surface area contributed by atoms with Crippen molar-refractivity contribution in [3.8, 4) is 0 Å². The summed E-state index contributed by atoms with van der Waals surface area (Å²) in [6.07, 6.45) is 1.58. The molecule has 162 valence electrons. The van der Waals surface area contributed by atoms with Crippen LogP contribution in [0, 0.1) is 17.8 Å². The zero-order valence-corrected chi connectivity index (χ0v) is 17.6.